The quantitative estimate of drug-likeness (QED) is 0.919. The second kappa shape index (κ2) is 5.52. The summed E-state index contributed by atoms with van der Waals surface area (Å²) in [5.74, 6) is 1.24. The van der Waals surface area contributed by atoms with Gasteiger partial charge in [0.1, 0.15) is 5.82 Å². The maximum Gasteiger partial charge on any atom is 0.119 e. The van der Waals surface area contributed by atoms with Crippen molar-refractivity contribution >= 4 is 0 Å². The number of aliphatic hydroxyl groups excluding tert-OH is 1. The molecular weight excluding hydrogens is 274 g/mol. The molecule has 3 heterocycles. The lowest BCUT2D eigenvalue weighted by molar-refractivity contribution is 0.140. The minimum atomic E-state index is 0.0442. The van der Waals surface area contributed by atoms with Gasteiger partial charge in [-0.3, -0.25) is 0 Å². The molecule has 0 radical (unpaired) electrons. The molecule has 2 aliphatic rings. The SMILES string of the molecule is OCCN1CCC2(CC1)c1ccccc1CCn1ccnc12. The van der Waals surface area contributed by atoms with Gasteiger partial charge in [0.2, 0.25) is 0 Å². The first-order valence-electron chi connectivity index (χ1n) is 8.27. The molecule has 0 atom stereocenters. The van der Waals surface area contributed by atoms with Crippen LogP contribution in [0.15, 0.2) is 36.7 Å². The fourth-order valence-corrected chi connectivity index (χ4v) is 4.27. The van der Waals surface area contributed by atoms with E-state index in [0.717, 1.165) is 45.4 Å². The summed E-state index contributed by atoms with van der Waals surface area (Å²) in [5.41, 5.74) is 3.00. The van der Waals surface area contributed by atoms with Gasteiger partial charge in [-0.1, -0.05) is 24.3 Å². The molecule has 0 bridgehead atoms. The maximum atomic E-state index is 9.19. The minimum absolute atomic E-state index is 0.0442. The Labute approximate surface area is 131 Å². The van der Waals surface area contributed by atoms with Crippen LogP contribution in [0.4, 0.5) is 0 Å². The molecule has 4 nitrogen and oxygen atoms in total. The van der Waals surface area contributed by atoms with Crippen LogP contribution in [0.2, 0.25) is 0 Å². The van der Waals surface area contributed by atoms with Crippen LogP contribution in [0.3, 0.4) is 0 Å². The van der Waals surface area contributed by atoms with Gasteiger partial charge in [0, 0.05) is 25.5 Å². The smallest absolute Gasteiger partial charge is 0.119 e. The molecule has 1 saturated heterocycles. The number of β-amino-alcohol motifs (C(OH)–C–C–N with tert-alkyl or cyclic N) is 1. The lowest BCUT2D eigenvalue weighted by Gasteiger charge is -2.41. The van der Waals surface area contributed by atoms with E-state index < -0.39 is 0 Å². The van der Waals surface area contributed by atoms with Crippen molar-refractivity contribution in [1.82, 2.24) is 14.5 Å². The average Bonchev–Trinajstić information content (AvgIpc) is 2.99. The summed E-state index contributed by atoms with van der Waals surface area (Å²) < 4.78 is 2.35. The summed E-state index contributed by atoms with van der Waals surface area (Å²) in [4.78, 5) is 7.13. The molecule has 0 aliphatic carbocycles. The zero-order chi connectivity index (χ0) is 15.0. The monoisotopic (exact) mass is 297 g/mol. The summed E-state index contributed by atoms with van der Waals surface area (Å²) in [7, 11) is 0. The Morgan fingerprint density at radius 3 is 2.77 bits per heavy atom. The maximum absolute atomic E-state index is 9.19. The van der Waals surface area contributed by atoms with Crippen LogP contribution in [0.5, 0.6) is 0 Å². The van der Waals surface area contributed by atoms with Gasteiger partial charge in [-0.15, -0.1) is 0 Å². The van der Waals surface area contributed by atoms with Crippen molar-refractivity contribution in [3.63, 3.8) is 0 Å². The topological polar surface area (TPSA) is 41.3 Å². The first-order valence-corrected chi connectivity index (χ1v) is 8.27. The molecule has 22 heavy (non-hydrogen) atoms. The van der Waals surface area contributed by atoms with E-state index in [1.54, 1.807) is 0 Å². The number of rotatable bonds is 2. The lowest BCUT2D eigenvalue weighted by atomic mass is 9.70. The number of benzene rings is 1. The van der Waals surface area contributed by atoms with Crippen LogP contribution in [0.1, 0.15) is 29.8 Å². The molecule has 1 aromatic heterocycles. The van der Waals surface area contributed by atoms with E-state index in [9.17, 15) is 5.11 Å². The molecule has 0 unspecified atom stereocenters. The van der Waals surface area contributed by atoms with Gasteiger partial charge in [-0.05, 0) is 43.5 Å². The van der Waals surface area contributed by atoms with Crippen LogP contribution < -0.4 is 0 Å². The molecule has 0 saturated carbocycles. The Morgan fingerprint density at radius 1 is 1.14 bits per heavy atom. The molecule has 1 spiro atoms. The third-order valence-electron chi connectivity index (χ3n) is 5.42. The molecule has 4 heteroatoms. The zero-order valence-corrected chi connectivity index (χ0v) is 12.9. The van der Waals surface area contributed by atoms with Crippen LogP contribution in [0.25, 0.3) is 0 Å². The second-order valence-corrected chi connectivity index (χ2v) is 6.50. The molecule has 116 valence electrons. The normalized spacial score (nSPS) is 20.4. The molecule has 4 rings (SSSR count). The van der Waals surface area contributed by atoms with Gasteiger partial charge < -0.3 is 14.6 Å². The summed E-state index contributed by atoms with van der Waals surface area (Å²) in [6.45, 7) is 4.11. The molecule has 2 aliphatic heterocycles. The van der Waals surface area contributed by atoms with E-state index in [0.29, 0.717) is 0 Å². The summed E-state index contributed by atoms with van der Waals surface area (Å²) in [5, 5.41) is 9.19. The van der Waals surface area contributed by atoms with Crippen molar-refractivity contribution in [2.75, 3.05) is 26.2 Å². The third-order valence-corrected chi connectivity index (χ3v) is 5.42. The number of hydrogen-bond donors (Lipinski definition) is 1. The Morgan fingerprint density at radius 2 is 1.95 bits per heavy atom. The molecule has 1 fully saturated rings. The lowest BCUT2D eigenvalue weighted by Crippen LogP contribution is -2.45. The number of aryl methyl sites for hydroxylation is 2. The van der Waals surface area contributed by atoms with E-state index in [1.807, 2.05) is 6.20 Å². The van der Waals surface area contributed by atoms with Crippen LogP contribution in [-0.4, -0.2) is 45.8 Å². The largest absolute Gasteiger partial charge is 0.395 e. The molecule has 0 amide bonds. The highest BCUT2D eigenvalue weighted by molar-refractivity contribution is 5.42. The van der Waals surface area contributed by atoms with Crippen LogP contribution in [-0.2, 0) is 18.4 Å². The second-order valence-electron chi connectivity index (χ2n) is 6.50. The highest BCUT2D eigenvalue weighted by atomic mass is 16.3. The number of fused-ring (bicyclic) bond motifs is 4. The molecule has 1 aromatic carbocycles. The van der Waals surface area contributed by atoms with Crippen LogP contribution in [0, 0.1) is 0 Å². The number of imidazole rings is 1. The highest BCUT2D eigenvalue weighted by Crippen LogP contribution is 2.44. The fourth-order valence-electron chi connectivity index (χ4n) is 4.27. The van der Waals surface area contributed by atoms with E-state index in [1.165, 1.54) is 17.0 Å². The van der Waals surface area contributed by atoms with Gasteiger partial charge in [0.15, 0.2) is 0 Å². The number of hydrogen-bond acceptors (Lipinski definition) is 3. The summed E-state index contributed by atoms with van der Waals surface area (Å²) in [6.07, 6.45) is 7.33. The first kappa shape index (κ1) is 14.0. The Bertz CT molecular complexity index is 656. The average molecular weight is 297 g/mol. The Balaban J connectivity index is 1.79. The predicted octanol–water partition coefficient (Wildman–Crippen LogP) is 1.81. The van der Waals surface area contributed by atoms with E-state index in [2.05, 4.69) is 39.9 Å². The van der Waals surface area contributed by atoms with Crippen molar-refractivity contribution in [1.29, 1.82) is 0 Å². The molecule has 2 aromatic rings. The third kappa shape index (κ3) is 2.09. The van der Waals surface area contributed by atoms with E-state index in [-0.39, 0.29) is 12.0 Å². The van der Waals surface area contributed by atoms with Crippen molar-refractivity contribution in [3.8, 4) is 0 Å². The number of nitrogens with zero attached hydrogens (tertiary/aromatic N) is 3. The Hall–Kier alpha value is -1.65. The van der Waals surface area contributed by atoms with Gasteiger partial charge in [0.25, 0.3) is 0 Å². The predicted molar refractivity (Wildman–Crippen MR) is 85.9 cm³/mol. The van der Waals surface area contributed by atoms with Gasteiger partial charge in [0.05, 0.1) is 12.0 Å². The van der Waals surface area contributed by atoms with Gasteiger partial charge in [-0.2, -0.15) is 0 Å². The standard InChI is InChI=1S/C18H23N3O/c22-14-13-20-10-6-18(7-11-20)16-4-2-1-3-15(16)5-9-21-12-8-19-17(18)21/h1-4,8,12,22H,5-7,9-11,13-14H2. The minimum Gasteiger partial charge on any atom is -0.395 e. The van der Waals surface area contributed by atoms with Crippen molar-refractivity contribution < 1.29 is 5.11 Å². The zero-order valence-electron chi connectivity index (χ0n) is 12.9. The van der Waals surface area contributed by atoms with Crippen LogP contribution >= 0.6 is 0 Å². The highest BCUT2D eigenvalue weighted by Gasteiger charge is 2.43. The van der Waals surface area contributed by atoms with E-state index in [4.69, 9.17) is 4.98 Å². The van der Waals surface area contributed by atoms with Gasteiger partial charge >= 0.3 is 0 Å². The van der Waals surface area contributed by atoms with Crippen molar-refractivity contribution in [2.24, 2.45) is 0 Å². The first-order chi connectivity index (χ1) is 10.8. The molecule has 1 N–H and O–H groups in total. The Kier molecular flexibility index (Phi) is 3.51. The number of likely N-dealkylation sites (tertiary alicyclic amines) is 1. The van der Waals surface area contributed by atoms with Crippen molar-refractivity contribution in [3.05, 3.63) is 53.6 Å². The van der Waals surface area contributed by atoms with Gasteiger partial charge in [-0.25, -0.2) is 4.98 Å². The number of piperidine rings is 1. The summed E-state index contributed by atoms with van der Waals surface area (Å²) in [6, 6.07) is 8.91. The molecular formula is C18H23N3O. The summed E-state index contributed by atoms with van der Waals surface area (Å²) >= 11 is 0. The van der Waals surface area contributed by atoms with E-state index >= 15 is 0 Å². The fraction of sp³-hybridized carbons (Fsp3) is 0.500. The van der Waals surface area contributed by atoms with Crippen molar-refractivity contribution in [2.45, 2.75) is 31.2 Å². The number of aliphatic hydroxyl groups is 1. The number of aromatic nitrogens is 2.